The van der Waals surface area contributed by atoms with Gasteiger partial charge >= 0.3 is 17.9 Å². The van der Waals surface area contributed by atoms with E-state index >= 15 is 0 Å². The van der Waals surface area contributed by atoms with Gasteiger partial charge in [-0.25, -0.2) is 0 Å². The largest absolute Gasteiger partial charge is 0.462 e. The van der Waals surface area contributed by atoms with Crippen LogP contribution in [0.15, 0.2) is 97.2 Å². The molecule has 6 heteroatoms. The van der Waals surface area contributed by atoms with E-state index < -0.39 is 6.10 Å². The van der Waals surface area contributed by atoms with Gasteiger partial charge < -0.3 is 14.2 Å². The zero-order chi connectivity index (χ0) is 55.7. The predicted octanol–water partition coefficient (Wildman–Crippen LogP) is 22.4. The Kier molecular flexibility index (Phi) is 61.8. The van der Waals surface area contributed by atoms with E-state index in [1.807, 2.05) is 0 Å². The standard InChI is InChI=1S/C71H122O6/c1-4-7-10-13-16-19-22-25-28-31-32-33-34-35-36-37-38-41-43-46-49-52-55-58-61-64-70(73)76-67-68(77-71(74)65-62-59-56-53-50-47-44-40-30-27-24-21-18-15-12-9-6-3)66-75-69(72)63-60-57-54-51-48-45-42-39-29-26-23-20-17-14-11-8-5-2/h9,12,17-18,20-22,25-27,29-32,34-35,68H,4-8,10-11,13-16,19,23-24,28,33,36-67H2,1-3H3/b12-9-,20-17-,21-18-,25-22-,29-26-,30-27-,32-31-,35-34-. The molecule has 0 aliphatic carbocycles. The van der Waals surface area contributed by atoms with E-state index in [1.165, 1.54) is 167 Å². The van der Waals surface area contributed by atoms with E-state index in [-0.39, 0.29) is 31.1 Å². The molecule has 6 nitrogen and oxygen atoms in total. The zero-order valence-electron chi connectivity index (χ0n) is 50.7. The minimum atomic E-state index is -0.790. The highest BCUT2D eigenvalue weighted by Crippen LogP contribution is 2.16. The van der Waals surface area contributed by atoms with Crippen LogP contribution in [0.5, 0.6) is 0 Å². The van der Waals surface area contributed by atoms with Gasteiger partial charge in [0, 0.05) is 19.3 Å². The topological polar surface area (TPSA) is 78.9 Å². The molecule has 0 heterocycles. The Hall–Kier alpha value is -3.67. The summed E-state index contributed by atoms with van der Waals surface area (Å²) in [5.74, 6) is -0.897. The van der Waals surface area contributed by atoms with E-state index in [4.69, 9.17) is 14.2 Å². The lowest BCUT2D eigenvalue weighted by atomic mass is 10.1. The number of rotatable bonds is 59. The molecule has 0 aromatic rings. The summed E-state index contributed by atoms with van der Waals surface area (Å²) in [4.78, 5) is 38.4. The fourth-order valence-electron chi connectivity index (χ4n) is 9.14. The molecule has 0 aromatic carbocycles. The number of carbonyl (C=O) groups is 3. The average molecular weight is 1070 g/mol. The first-order valence-electron chi connectivity index (χ1n) is 32.7. The van der Waals surface area contributed by atoms with E-state index in [9.17, 15) is 14.4 Å². The molecular formula is C71H122O6. The van der Waals surface area contributed by atoms with Crippen molar-refractivity contribution < 1.29 is 28.6 Å². The SMILES string of the molecule is CC/C=C\C/C=C\C/C=C\CCCCCCCCCC(=O)OC(COC(=O)CCCCCCCCC/C=C\C/C=C\CCCCC)COC(=O)CCCCCCCCCCCC/C=C\C/C=C\C/C=C\CCCCCCC. The van der Waals surface area contributed by atoms with Crippen LogP contribution in [0, 0.1) is 0 Å². The second kappa shape index (κ2) is 64.9. The molecule has 0 fully saturated rings. The fraction of sp³-hybridized carbons (Fsp3) is 0.732. The normalized spacial score (nSPS) is 12.7. The smallest absolute Gasteiger partial charge is 0.306 e. The van der Waals surface area contributed by atoms with Crippen molar-refractivity contribution in [3.63, 3.8) is 0 Å². The van der Waals surface area contributed by atoms with E-state index in [0.717, 1.165) is 109 Å². The molecule has 0 saturated carbocycles. The number of ether oxygens (including phenoxy) is 3. The summed E-state index contributed by atoms with van der Waals surface area (Å²) in [6, 6.07) is 0. The predicted molar refractivity (Wildman–Crippen MR) is 334 cm³/mol. The highest BCUT2D eigenvalue weighted by atomic mass is 16.6. The minimum absolute atomic E-state index is 0.0859. The molecule has 0 aromatic heterocycles. The van der Waals surface area contributed by atoms with Gasteiger partial charge in [-0.1, -0.05) is 272 Å². The van der Waals surface area contributed by atoms with Crippen LogP contribution in [0.1, 0.15) is 316 Å². The first-order chi connectivity index (χ1) is 38.0. The second-order valence-corrected chi connectivity index (χ2v) is 21.6. The maximum atomic E-state index is 12.9. The molecule has 0 bridgehead atoms. The van der Waals surface area contributed by atoms with Crippen molar-refractivity contribution in [2.75, 3.05) is 13.2 Å². The van der Waals surface area contributed by atoms with Gasteiger partial charge in [-0.05, 0) is 122 Å². The average Bonchev–Trinajstić information content (AvgIpc) is 3.43. The molecule has 1 atom stereocenters. The third-order valence-electron chi connectivity index (χ3n) is 14.0. The Morgan fingerprint density at radius 1 is 0.273 bits per heavy atom. The summed E-state index contributed by atoms with van der Waals surface area (Å²) in [7, 11) is 0. The molecule has 0 radical (unpaired) electrons. The van der Waals surface area contributed by atoms with Crippen molar-refractivity contribution >= 4 is 17.9 Å². The van der Waals surface area contributed by atoms with Crippen molar-refractivity contribution in [1.82, 2.24) is 0 Å². The summed E-state index contributed by atoms with van der Waals surface area (Å²) >= 11 is 0. The number of unbranched alkanes of at least 4 members (excludes halogenated alkanes) is 32. The molecule has 442 valence electrons. The first-order valence-corrected chi connectivity index (χ1v) is 32.7. The number of esters is 3. The quantitative estimate of drug-likeness (QED) is 0.0261. The van der Waals surface area contributed by atoms with Crippen LogP contribution in [-0.4, -0.2) is 37.2 Å². The summed E-state index contributed by atoms with van der Waals surface area (Å²) in [6.45, 7) is 6.50. The van der Waals surface area contributed by atoms with Crippen LogP contribution >= 0.6 is 0 Å². The van der Waals surface area contributed by atoms with Crippen LogP contribution in [0.3, 0.4) is 0 Å². The van der Waals surface area contributed by atoms with Gasteiger partial charge in [-0.2, -0.15) is 0 Å². The van der Waals surface area contributed by atoms with Crippen molar-refractivity contribution in [2.45, 2.75) is 322 Å². The highest BCUT2D eigenvalue weighted by molar-refractivity contribution is 5.71. The molecule has 0 spiro atoms. The zero-order valence-corrected chi connectivity index (χ0v) is 50.7. The first kappa shape index (κ1) is 73.3. The molecule has 0 saturated heterocycles. The third-order valence-corrected chi connectivity index (χ3v) is 14.0. The lowest BCUT2D eigenvalue weighted by Gasteiger charge is -2.18. The van der Waals surface area contributed by atoms with E-state index in [0.29, 0.717) is 19.3 Å². The van der Waals surface area contributed by atoms with Gasteiger partial charge in [-0.15, -0.1) is 0 Å². The Labute approximate surface area is 477 Å². The van der Waals surface area contributed by atoms with Gasteiger partial charge in [-0.3, -0.25) is 14.4 Å². The Morgan fingerprint density at radius 2 is 0.506 bits per heavy atom. The molecule has 0 aliphatic heterocycles. The molecule has 0 rings (SSSR count). The van der Waals surface area contributed by atoms with Gasteiger partial charge in [0.15, 0.2) is 6.10 Å². The summed E-state index contributed by atoms with van der Waals surface area (Å²) < 4.78 is 16.9. The summed E-state index contributed by atoms with van der Waals surface area (Å²) in [6.07, 6.45) is 86.9. The Balaban J connectivity index is 4.37. The van der Waals surface area contributed by atoms with Gasteiger partial charge in [0.25, 0.3) is 0 Å². The van der Waals surface area contributed by atoms with Crippen LogP contribution < -0.4 is 0 Å². The van der Waals surface area contributed by atoms with Gasteiger partial charge in [0.2, 0.25) is 0 Å². The molecule has 0 amide bonds. The molecule has 0 N–H and O–H groups in total. The van der Waals surface area contributed by atoms with Gasteiger partial charge in [0.05, 0.1) is 0 Å². The number of hydrogen-bond donors (Lipinski definition) is 0. The monoisotopic (exact) mass is 1070 g/mol. The maximum Gasteiger partial charge on any atom is 0.306 e. The molecular weight excluding hydrogens is 949 g/mol. The van der Waals surface area contributed by atoms with Crippen molar-refractivity contribution in [3.8, 4) is 0 Å². The second-order valence-electron chi connectivity index (χ2n) is 21.6. The number of carbonyl (C=O) groups excluding carboxylic acids is 3. The number of allylic oxidation sites excluding steroid dienone is 16. The van der Waals surface area contributed by atoms with Crippen molar-refractivity contribution in [2.24, 2.45) is 0 Å². The van der Waals surface area contributed by atoms with Crippen LogP contribution in [0.4, 0.5) is 0 Å². The van der Waals surface area contributed by atoms with E-state index in [2.05, 4.69) is 118 Å². The Bertz CT molecular complexity index is 1510. The maximum absolute atomic E-state index is 12.9. The summed E-state index contributed by atoms with van der Waals surface area (Å²) in [5, 5.41) is 0. The van der Waals surface area contributed by atoms with Crippen molar-refractivity contribution in [1.29, 1.82) is 0 Å². The molecule has 77 heavy (non-hydrogen) atoms. The highest BCUT2D eigenvalue weighted by Gasteiger charge is 2.19. The lowest BCUT2D eigenvalue weighted by Crippen LogP contribution is -2.30. The van der Waals surface area contributed by atoms with Gasteiger partial charge in [0.1, 0.15) is 13.2 Å². The summed E-state index contributed by atoms with van der Waals surface area (Å²) in [5.41, 5.74) is 0. The fourth-order valence-corrected chi connectivity index (χ4v) is 9.14. The van der Waals surface area contributed by atoms with Crippen LogP contribution in [-0.2, 0) is 28.6 Å². The minimum Gasteiger partial charge on any atom is -0.462 e. The van der Waals surface area contributed by atoms with Crippen molar-refractivity contribution in [3.05, 3.63) is 97.2 Å². The lowest BCUT2D eigenvalue weighted by molar-refractivity contribution is -0.167. The Morgan fingerprint density at radius 3 is 0.818 bits per heavy atom. The third kappa shape index (κ3) is 63.0. The molecule has 1 unspecified atom stereocenters. The number of hydrogen-bond acceptors (Lipinski definition) is 6. The van der Waals surface area contributed by atoms with E-state index in [1.54, 1.807) is 0 Å². The van der Waals surface area contributed by atoms with Crippen LogP contribution in [0.25, 0.3) is 0 Å². The molecule has 0 aliphatic rings. The van der Waals surface area contributed by atoms with Crippen LogP contribution in [0.2, 0.25) is 0 Å².